The zero-order valence-electron chi connectivity index (χ0n) is 18.3. The number of aliphatic hydroxyl groups is 1. The summed E-state index contributed by atoms with van der Waals surface area (Å²) in [6.07, 6.45) is 0.0602. The van der Waals surface area contributed by atoms with E-state index in [9.17, 15) is 5.11 Å². The van der Waals surface area contributed by atoms with Gasteiger partial charge in [0.2, 0.25) is 0 Å². The van der Waals surface area contributed by atoms with Gasteiger partial charge in [-0.05, 0) is 42.9 Å². The molecule has 0 radical (unpaired) electrons. The van der Waals surface area contributed by atoms with Crippen LogP contribution in [0.5, 0.6) is 5.75 Å². The zero-order chi connectivity index (χ0) is 20.3. The van der Waals surface area contributed by atoms with E-state index in [1.807, 2.05) is 0 Å². The van der Waals surface area contributed by atoms with Gasteiger partial charge in [0.1, 0.15) is 18.4 Å². The van der Waals surface area contributed by atoms with Gasteiger partial charge in [0.15, 0.2) is 0 Å². The van der Waals surface area contributed by atoms with E-state index in [0.717, 1.165) is 24.5 Å². The van der Waals surface area contributed by atoms with Crippen LogP contribution >= 0.6 is 0 Å². The number of ether oxygens (including phenoxy) is 2. The van der Waals surface area contributed by atoms with Crippen molar-refractivity contribution >= 4 is 0 Å². The maximum Gasteiger partial charge on any atom is 0.119 e. The van der Waals surface area contributed by atoms with E-state index in [2.05, 4.69) is 5.32 Å². The third-order valence-electron chi connectivity index (χ3n) is 3.25. The molecule has 1 aliphatic rings. The van der Waals surface area contributed by atoms with Crippen molar-refractivity contribution in [2.45, 2.75) is 45.2 Å². The van der Waals surface area contributed by atoms with Crippen molar-refractivity contribution in [3.05, 3.63) is 29.8 Å². The minimum Gasteiger partial charge on any atom is -0.491 e. The van der Waals surface area contributed by atoms with E-state index in [0.29, 0.717) is 6.61 Å². The van der Waals surface area contributed by atoms with Gasteiger partial charge in [-0.25, -0.2) is 0 Å². The first-order valence-electron chi connectivity index (χ1n) is 10.3. The second kappa shape index (κ2) is 9.13. The third kappa shape index (κ3) is 7.25. The molecule has 1 unspecified atom stereocenters. The Hall–Kier alpha value is -1.10. The first-order valence-corrected chi connectivity index (χ1v) is 7.80. The SMILES string of the molecule is [2H]C([2H])(NC(C)C)C([2H])(O)C([2H])([2H])Oc1ccc(CCOCC2CC2)cc1. The van der Waals surface area contributed by atoms with Gasteiger partial charge >= 0.3 is 0 Å². The summed E-state index contributed by atoms with van der Waals surface area (Å²) >= 11 is 0. The molecule has 1 aromatic rings. The average molecular weight is 312 g/mol. The number of rotatable bonds is 11. The highest BCUT2D eigenvalue weighted by molar-refractivity contribution is 5.27. The van der Waals surface area contributed by atoms with Crippen LogP contribution < -0.4 is 10.1 Å². The van der Waals surface area contributed by atoms with Crippen molar-refractivity contribution < 1.29 is 21.4 Å². The predicted octanol–water partition coefficient (Wildman–Crippen LogP) is 2.39. The molecule has 1 atom stereocenters. The molecule has 0 aliphatic heterocycles. The second-order valence-corrected chi connectivity index (χ2v) is 5.89. The molecule has 1 aliphatic carbocycles. The van der Waals surface area contributed by atoms with Gasteiger partial charge in [0.25, 0.3) is 0 Å². The molecular weight excluding hydrogens is 278 g/mol. The van der Waals surface area contributed by atoms with Crippen LogP contribution in [0.1, 0.15) is 39.1 Å². The van der Waals surface area contributed by atoms with E-state index >= 15 is 0 Å². The molecule has 0 heterocycles. The van der Waals surface area contributed by atoms with E-state index < -0.39 is 25.2 Å². The lowest BCUT2D eigenvalue weighted by Gasteiger charge is -2.15. The van der Waals surface area contributed by atoms with Crippen LogP contribution in [0.3, 0.4) is 0 Å². The molecule has 22 heavy (non-hydrogen) atoms. The Labute approximate surface area is 140 Å². The van der Waals surface area contributed by atoms with Crippen molar-refractivity contribution in [1.82, 2.24) is 5.32 Å². The Morgan fingerprint density at radius 2 is 2.09 bits per heavy atom. The molecule has 2 rings (SSSR count). The molecule has 4 heteroatoms. The summed E-state index contributed by atoms with van der Waals surface area (Å²) in [5, 5.41) is 12.6. The number of nitrogens with one attached hydrogen (secondary N) is 1. The van der Waals surface area contributed by atoms with Gasteiger partial charge in [-0.3, -0.25) is 0 Å². The second-order valence-electron chi connectivity index (χ2n) is 5.89. The van der Waals surface area contributed by atoms with Crippen molar-refractivity contribution in [2.75, 3.05) is 26.3 Å². The highest BCUT2D eigenvalue weighted by Crippen LogP contribution is 2.28. The lowest BCUT2D eigenvalue weighted by atomic mass is 10.1. The molecule has 1 saturated carbocycles. The highest BCUT2D eigenvalue weighted by Gasteiger charge is 2.20. The Morgan fingerprint density at radius 3 is 2.73 bits per heavy atom. The van der Waals surface area contributed by atoms with Crippen LogP contribution in [0, 0.1) is 5.92 Å². The summed E-state index contributed by atoms with van der Waals surface area (Å²) < 4.78 is 50.1. The molecule has 0 aromatic heterocycles. The summed E-state index contributed by atoms with van der Waals surface area (Å²) in [4.78, 5) is 0. The largest absolute Gasteiger partial charge is 0.491 e. The van der Waals surface area contributed by atoms with Gasteiger partial charge in [0, 0.05) is 21.9 Å². The average Bonchev–Trinajstić information content (AvgIpc) is 3.35. The van der Waals surface area contributed by atoms with Crippen molar-refractivity contribution in [3.8, 4) is 5.75 Å². The van der Waals surface area contributed by atoms with Gasteiger partial charge in [-0.15, -0.1) is 0 Å². The van der Waals surface area contributed by atoms with Crippen LogP contribution in [0.15, 0.2) is 24.3 Å². The van der Waals surface area contributed by atoms with Gasteiger partial charge in [-0.1, -0.05) is 26.0 Å². The Kier molecular flexibility index (Phi) is 4.75. The van der Waals surface area contributed by atoms with Crippen molar-refractivity contribution in [1.29, 1.82) is 0 Å². The number of benzene rings is 1. The zero-order valence-corrected chi connectivity index (χ0v) is 13.3. The highest BCUT2D eigenvalue weighted by atomic mass is 16.5. The molecule has 124 valence electrons. The molecule has 0 spiro atoms. The predicted molar refractivity (Wildman–Crippen MR) is 88.3 cm³/mol. The molecule has 1 fully saturated rings. The maximum atomic E-state index is 10.2. The summed E-state index contributed by atoms with van der Waals surface area (Å²) in [5.74, 6) is 0.826. The summed E-state index contributed by atoms with van der Waals surface area (Å²) in [5.41, 5.74) is 0.997. The first kappa shape index (κ1) is 11.4. The first-order chi connectivity index (χ1) is 12.4. The summed E-state index contributed by atoms with van der Waals surface area (Å²) in [6, 6.07) is 6.20. The van der Waals surface area contributed by atoms with Gasteiger partial charge < -0.3 is 19.9 Å². The minimum absolute atomic E-state index is 0.105. The summed E-state index contributed by atoms with van der Waals surface area (Å²) in [7, 11) is 0. The molecule has 0 amide bonds. The number of hydrogen-bond acceptors (Lipinski definition) is 4. The fourth-order valence-electron chi connectivity index (χ4n) is 1.79. The topological polar surface area (TPSA) is 50.7 Å². The standard InChI is InChI=1S/C18H29NO3/c1-14(2)19-11-17(20)13-22-18-7-5-15(6-8-18)9-10-21-12-16-3-4-16/h5-8,14,16-17,19-20H,3-4,9-13H2,1-2H3/i11D2,13D2,17D. The van der Waals surface area contributed by atoms with Crippen molar-refractivity contribution in [3.63, 3.8) is 0 Å². The molecule has 0 saturated heterocycles. The maximum absolute atomic E-state index is 10.2. The number of hydrogen-bond donors (Lipinski definition) is 2. The van der Waals surface area contributed by atoms with E-state index in [4.69, 9.17) is 16.3 Å². The van der Waals surface area contributed by atoms with E-state index in [-0.39, 0.29) is 5.75 Å². The lowest BCUT2D eigenvalue weighted by Crippen LogP contribution is -2.35. The molecule has 2 N–H and O–H groups in total. The van der Waals surface area contributed by atoms with E-state index in [1.54, 1.807) is 26.0 Å². The van der Waals surface area contributed by atoms with Crippen LogP contribution in [0.2, 0.25) is 0 Å². The van der Waals surface area contributed by atoms with Crippen LogP contribution in [0.4, 0.5) is 0 Å². The minimum atomic E-state index is -3.17. The smallest absolute Gasteiger partial charge is 0.119 e. The van der Waals surface area contributed by atoms with Crippen LogP contribution in [-0.4, -0.2) is 43.5 Å². The Morgan fingerprint density at radius 1 is 1.36 bits per heavy atom. The Bertz CT molecular complexity index is 604. The van der Waals surface area contributed by atoms with Crippen LogP contribution in [-0.2, 0) is 11.2 Å². The van der Waals surface area contributed by atoms with Gasteiger partial charge in [0.05, 0.1) is 10.7 Å². The van der Waals surface area contributed by atoms with Crippen LogP contribution in [0.25, 0.3) is 0 Å². The Balaban J connectivity index is 1.94. The summed E-state index contributed by atoms with van der Waals surface area (Å²) in [6.45, 7) is -1.01. The van der Waals surface area contributed by atoms with Gasteiger partial charge in [-0.2, -0.15) is 0 Å². The fourth-order valence-corrected chi connectivity index (χ4v) is 1.79. The monoisotopic (exact) mass is 312 g/mol. The molecular formula is C18H29NO3. The normalized spacial score (nSPS) is 22.1. The molecule has 4 nitrogen and oxygen atoms in total. The van der Waals surface area contributed by atoms with Crippen molar-refractivity contribution in [2.24, 2.45) is 5.92 Å². The fraction of sp³-hybridized carbons (Fsp3) is 0.667. The van der Waals surface area contributed by atoms with E-state index in [1.165, 1.54) is 25.0 Å². The molecule has 0 bridgehead atoms. The molecule has 1 aromatic carbocycles. The lowest BCUT2D eigenvalue weighted by molar-refractivity contribution is 0.104. The third-order valence-corrected chi connectivity index (χ3v) is 3.25. The quantitative estimate of drug-likeness (QED) is 0.616.